The van der Waals surface area contributed by atoms with E-state index in [1.807, 2.05) is 56.3 Å². The van der Waals surface area contributed by atoms with Crippen molar-refractivity contribution in [2.24, 2.45) is 11.7 Å². The summed E-state index contributed by atoms with van der Waals surface area (Å²) in [6, 6.07) is 14.0. The molecule has 0 fully saturated rings. The Morgan fingerprint density at radius 3 is 1.97 bits per heavy atom. The van der Waals surface area contributed by atoms with Crippen LogP contribution >= 0.6 is 0 Å². The maximum atomic E-state index is 13.2. The topological polar surface area (TPSA) is 120 Å². The zero-order valence-corrected chi connectivity index (χ0v) is 20.2. The van der Waals surface area contributed by atoms with Gasteiger partial charge in [-0.3, -0.25) is 9.59 Å². The van der Waals surface area contributed by atoms with Crippen LogP contribution in [0.25, 0.3) is 0 Å². The standard InChI is InChI=1S/C26H35N3O5/c1-17(2)14-23(26(32)34-4)29-25(31)22(16-18-8-6-5-7-9-18)28-24(30)21(27)15-19-10-12-20(33-3)13-11-19/h5-13,17,21-23H,14-16,27H2,1-4H3,(H,28,30)(H,29,31)/t21-,22-,23-/m0/s1. The van der Waals surface area contributed by atoms with E-state index < -0.39 is 35.9 Å². The first kappa shape index (κ1) is 26.9. The van der Waals surface area contributed by atoms with Crippen LogP contribution in [0, 0.1) is 5.92 Å². The van der Waals surface area contributed by atoms with E-state index in [0.29, 0.717) is 18.6 Å². The summed E-state index contributed by atoms with van der Waals surface area (Å²) in [5, 5.41) is 5.51. The Balaban J connectivity index is 2.13. The number of amides is 2. The van der Waals surface area contributed by atoms with Crippen molar-refractivity contribution >= 4 is 17.8 Å². The Morgan fingerprint density at radius 2 is 1.41 bits per heavy atom. The Hall–Kier alpha value is -3.39. The molecule has 2 aromatic rings. The third kappa shape index (κ3) is 8.51. The zero-order chi connectivity index (χ0) is 25.1. The van der Waals surface area contributed by atoms with Crippen molar-refractivity contribution in [1.82, 2.24) is 10.6 Å². The quantitative estimate of drug-likeness (QED) is 0.409. The number of carbonyl (C=O) groups excluding carboxylic acids is 3. The van der Waals surface area contributed by atoms with Gasteiger partial charge in [-0.05, 0) is 42.0 Å². The first-order chi connectivity index (χ1) is 16.2. The predicted octanol–water partition coefficient (Wildman–Crippen LogP) is 2.00. The molecular weight excluding hydrogens is 434 g/mol. The van der Waals surface area contributed by atoms with Gasteiger partial charge >= 0.3 is 5.97 Å². The van der Waals surface area contributed by atoms with Crippen molar-refractivity contribution in [2.75, 3.05) is 14.2 Å². The molecule has 2 rings (SSSR count). The third-order valence-electron chi connectivity index (χ3n) is 5.38. The van der Waals surface area contributed by atoms with E-state index in [4.69, 9.17) is 15.2 Å². The van der Waals surface area contributed by atoms with Gasteiger partial charge in [0.05, 0.1) is 20.3 Å². The van der Waals surface area contributed by atoms with Gasteiger partial charge in [-0.1, -0.05) is 56.3 Å². The number of benzene rings is 2. The summed E-state index contributed by atoms with van der Waals surface area (Å²) in [6.07, 6.45) is 0.971. The molecule has 2 aromatic carbocycles. The van der Waals surface area contributed by atoms with Gasteiger partial charge in [-0.2, -0.15) is 0 Å². The van der Waals surface area contributed by atoms with Crippen molar-refractivity contribution in [2.45, 2.75) is 51.2 Å². The lowest BCUT2D eigenvalue weighted by atomic mass is 10.0. The maximum absolute atomic E-state index is 13.2. The van der Waals surface area contributed by atoms with Crippen LogP contribution in [0.5, 0.6) is 5.75 Å². The van der Waals surface area contributed by atoms with E-state index in [2.05, 4.69) is 10.6 Å². The fraction of sp³-hybridized carbons (Fsp3) is 0.423. The summed E-state index contributed by atoms with van der Waals surface area (Å²) in [5.41, 5.74) is 7.89. The second-order valence-corrected chi connectivity index (χ2v) is 8.62. The van der Waals surface area contributed by atoms with Crippen molar-refractivity contribution in [3.63, 3.8) is 0 Å². The smallest absolute Gasteiger partial charge is 0.328 e. The van der Waals surface area contributed by atoms with Crippen LogP contribution in [0.1, 0.15) is 31.4 Å². The molecule has 0 aliphatic rings. The highest BCUT2D eigenvalue weighted by molar-refractivity contribution is 5.92. The van der Waals surface area contributed by atoms with E-state index in [9.17, 15) is 14.4 Å². The normalized spacial score (nSPS) is 13.5. The summed E-state index contributed by atoms with van der Waals surface area (Å²) < 4.78 is 9.99. The molecular formula is C26H35N3O5. The highest BCUT2D eigenvalue weighted by atomic mass is 16.5. The van der Waals surface area contributed by atoms with Crippen LogP contribution in [0.2, 0.25) is 0 Å². The molecule has 0 bridgehead atoms. The van der Waals surface area contributed by atoms with Gasteiger partial charge in [-0.25, -0.2) is 4.79 Å². The van der Waals surface area contributed by atoms with E-state index in [-0.39, 0.29) is 12.3 Å². The van der Waals surface area contributed by atoms with Crippen LogP contribution in [0.3, 0.4) is 0 Å². The minimum atomic E-state index is -0.906. The first-order valence-corrected chi connectivity index (χ1v) is 11.3. The Kier molecular flexibility index (Phi) is 10.5. The number of hydrogen-bond acceptors (Lipinski definition) is 6. The van der Waals surface area contributed by atoms with E-state index in [1.54, 1.807) is 19.2 Å². The molecule has 0 aliphatic carbocycles. The van der Waals surface area contributed by atoms with Gasteiger partial charge in [0.2, 0.25) is 11.8 Å². The van der Waals surface area contributed by atoms with E-state index in [1.165, 1.54) is 7.11 Å². The fourth-order valence-corrected chi connectivity index (χ4v) is 3.55. The van der Waals surface area contributed by atoms with Gasteiger partial charge in [-0.15, -0.1) is 0 Å². The molecule has 184 valence electrons. The minimum absolute atomic E-state index is 0.157. The lowest BCUT2D eigenvalue weighted by molar-refractivity contribution is -0.145. The number of nitrogens with two attached hydrogens (primary N) is 1. The summed E-state index contributed by atoms with van der Waals surface area (Å²) in [4.78, 5) is 38.2. The Labute approximate surface area is 201 Å². The lowest BCUT2D eigenvalue weighted by Crippen LogP contribution is -2.55. The van der Waals surface area contributed by atoms with E-state index in [0.717, 1.165) is 11.1 Å². The second-order valence-electron chi connectivity index (χ2n) is 8.62. The van der Waals surface area contributed by atoms with Crippen molar-refractivity contribution in [1.29, 1.82) is 0 Å². The molecule has 0 aromatic heterocycles. The molecule has 0 heterocycles. The van der Waals surface area contributed by atoms with Crippen LogP contribution in [0.4, 0.5) is 0 Å². The molecule has 0 saturated carbocycles. The molecule has 0 radical (unpaired) electrons. The number of carbonyl (C=O) groups is 3. The first-order valence-electron chi connectivity index (χ1n) is 11.3. The molecule has 0 unspecified atom stereocenters. The molecule has 34 heavy (non-hydrogen) atoms. The molecule has 8 nitrogen and oxygen atoms in total. The largest absolute Gasteiger partial charge is 0.497 e. The van der Waals surface area contributed by atoms with Crippen LogP contribution < -0.4 is 21.1 Å². The van der Waals surface area contributed by atoms with Crippen LogP contribution in [0.15, 0.2) is 54.6 Å². The molecule has 8 heteroatoms. The van der Waals surface area contributed by atoms with Crippen molar-refractivity contribution < 1.29 is 23.9 Å². The van der Waals surface area contributed by atoms with Crippen molar-refractivity contribution in [3.05, 3.63) is 65.7 Å². The summed E-state index contributed by atoms with van der Waals surface area (Å²) in [5.74, 6) is -0.578. The van der Waals surface area contributed by atoms with E-state index >= 15 is 0 Å². The molecule has 4 N–H and O–H groups in total. The number of methoxy groups -OCH3 is 2. The fourth-order valence-electron chi connectivity index (χ4n) is 3.55. The second kappa shape index (κ2) is 13.3. The number of hydrogen-bond donors (Lipinski definition) is 3. The molecule has 3 atom stereocenters. The van der Waals surface area contributed by atoms with Gasteiger partial charge in [0.15, 0.2) is 0 Å². The Morgan fingerprint density at radius 1 is 0.824 bits per heavy atom. The monoisotopic (exact) mass is 469 g/mol. The van der Waals surface area contributed by atoms with Gasteiger partial charge in [0, 0.05) is 6.42 Å². The molecule has 0 aliphatic heterocycles. The average molecular weight is 470 g/mol. The number of nitrogens with one attached hydrogen (secondary N) is 2. The predicted molar refractivity (Wildman–Crippen MR) is 130 cm³/mol. The molecule has 0 spiro atoms. The third-order valence-corrected chi connectivity index (χ3v) is 5.38. The Bertz CT molecular complexity index is 931. The molecule has 0 saturated heterocycles. The summed E-state index contributed by atoms with van der Waals surface area (Å²) in [6.45, 7) is 3.90. The molecule has 2 amide bonds. The SMILES string of the molecule is COC(=O)[C@H](CC(C)C)NC(=O)[C@H](Cc1ccccc1)NC(=O)[C@@H](N)Cc1ccc(OC)cc1. The van der Waals surface area contributed by atoms with Crippen LogP contribution in [-0.4, -0.2) is 50.1 Å². The minimum Gasteiger partial charge on any atom is -0.497 e. The van der Waals surface area contributed by atoms with Gasteiger partial charge in [0.1, 0.15) is 17.8 Å². The number of rotatable bonds is 12. The van der Waals surface area contributed by atoms with Gasteiger partial charge in [0.25, 0.3) is 0 Å². The van der Waals surface area contributed by atoms with Gasteiger partial charge < -0.3 is 25.8 Å². The highest BCUT2D eigenvalue weighted by Gasteiger charge is 2.29. The zero-order valence-electron chi connectivity index (χ0n) is 20.2. The maximum Gasteiger partial charge on any atom is 0.328 e. The highest BCUT2D eigenvalue weighted by Crippen LogP contribution is 2.13. The van der Waals surface area contributed by atoms with Crippen molar-refractivity contribution in [3.8, 4) is 5.75 Å². The summed E-state index contributed by atoms with van der Waals surface area (Å²) in [7, 11) is 2.86. The summed E-state index contributed by atoms with van der Waals surface area (Å²) >= 11 is 0. The number of esters is 1. The average Bonchev–Trinajstić information content (AvgIpc) is 2.83. The lowest BCUT2D eigenvalue weighted by Gasteiger charge is -2.24. The number of ether oxygens (including phenoxy) is 2. The van der Waals surface area contributed by atoms with Crippen LogP contribution in [-0.2, 0) is 32.0 Å².